The van der Waals surface area contributed by atoms with Gasteiger partial charge >= 0.3 is 0 Å². The first-order valence-electron chi connectivity index (χ1n) is 6.97. The third kappa shape index (κ3) is 2.61. The summed E-state index contributed by atoms with van der Waals surface area (Å²) in [5.74, 6) is 0.936. The Morgan fingerprint density at radius 1 is 1.14 bits per heavy atom. The van der Waals surface area contributed by atoms with E-state index in [1.54, 1.807) is 0 Å². The van der Waals surface area contributed by atoms with Gasteiger partial charge in [0.1, 0.15) is 11.4 Å². The van der Waals surface area contributed by atoms with Crippen molar-refractivity contribution in [2.24, 2.45) is 0 Å². The van der Waals surface area contributed by atoms with Crippen molar-refractivity contribution in [3.63, 3.8) is 0 Å². The van der Waals surface area contributed by atoms with E-state index < -0.39 is 0 Å². The second kappa shape index (κ2) is 5.41. The Morgan fingerprint density at radius 3 is 2.71 bits per heavy atom. The second-order valence-corrected chi connectivity index (χ2v) is 5.54. The summed E-state index contributed by atoms with van der Waals surface area (Å²) in [4.78, 5) is 4.67. The van der Waals surface area contributed by atoms with Crippen molar-refractivity contribution in [3.8, 4) is 17.0 Å². The summed E-state index contributed by atoms with van der Waals surface area (Å²) >= 11 is 6.02. The van der Waals surface area contributed by atoms with E-state index in [0.717, 1.165) is 33.8 Å². The number of hydrogen-bond acceptors (Lipinski definition) is 2. The molecular weight excluding hydrogens is 284 g/mol. The van der Waals surface area contributed by atoms with E-state index in [-0.39, 0.29) is 0 Å². The minimum atomic E-state index is 0.673. The molecule has 2 heterocycles. The highest BCUT2D eigenvalue weighted by molar-refractivity contribution is 6.30. The maximum Gasteiger partial charge on any atom is 0.137 e. The summed E-state index contributed by atoms with van der Waals surface area (Å²) in [6.07, 6.45) is 3.87. The lowest BCUT2D eigenvalue weighted by molar-refractivity contribution is 0.337. The van der Waals surface area contributed by atoms with E-state index >= 15 is 0 Å². The van der Waals surface area contributed by atoms with Gasteiger partial charge in [-0.2, -0.15) is 0 Å². The quantitative estimate of drug-likeness (QED) is 0.702. The zero-order chi connectivity index (χ0) is 15.0. The van der Waals surface area contributed by atoms with E-state index in [1.807, 2.05) is 35.9 Å². The molecule has 108 valence electrons. The largest absolute Gasteiger partial charge is 0.494 e. The van der Waals surface area contributed by atoms with Crippen molar-refractivity contribution in [3.05, 3.63) is 52.8 Å². The van der Waals surface area contributed by atoms with Crippen molar-refractivity contribution in [1.29, 1.82) is 0 Å². The fourth-order valence-corrected chi connectivity index (χ4v) is 2.64. The number of ether oxygens (including phenoxy) is 1. The van der Waals surface area contributed by atoms with Crippen LogP contribution < -0.4 is 4.74 Å². The lowest BCUT2D eigenvalue weighted by atomic mass is 10.0. The number of halogens is 1. The topological polar surface area (TPSA) is 26.5 Å². The highest BCUT2D eigenvalue weighted by atomic mass is 35.5. The predicted octanol–water partition coefficient (Wildman–Crippen LogP) is 4.67. The van der Waals surface area contributed by atoms with Gasteiger partial charge in [-0.3, -0.25) is 0 Å². The van der Waals surface area contributed by atoms with Crippen molar-refractivity contribution < 1.29 is 4.74 Å². The van der Waals surface area contributed by atoms with Gasteiger partial charge < -0.3 is 9.14 Å². The fourth-order valence-electron chi connectivity index (χ4n) is 2.47. The van der Waals surface area contributed by atoms with Gasteiger partial charge in [0.2, 0.25) is 0 Å². The highest BCUT2D eigenvalue weighted by Gasteiger charge is 2.11. The van der Waals surface area contributed by atoms with Gasteiger partial charge in [0.15, 0.2) is 0 Å². The van der Waals surface area contributed by atoms with Gasteiger partial charge in [0.05, 0.1) is 17.3 Å². The van der Waals surface area contributed by atoms with Crippen LogP contribution >= 0.6 is 11.6 Å². The number of nitrogens with zero attached hydrogens (tertiary/aromatic N) is 2. The molecule has 3 aromatic rings. The summed E-state index contributed by atoms with van der Waals surface area (Å²) in [7, 11) is 0. The molecule has 3 nitrogen and oxygen atoms in total. The Kier molecular flexibility index (Phi) is 3.60. The first kappa shape index (κ1) is 14.0. The molecule has 0 spiro atoms. The lowest BCUT2D eigenvalue weighted by Crippen LogP contribution is -1.96. The summed E-state index contributed by atoms with van der Waals surface area (Å²) in [5, 5.41) is 0.700. The molecule has 0 saturated heterocycles. The van der Waals surface area contributed by atoms with Gasteiger partial charge in [-0.05, 0) is 56.2 Å². The van der Waals surface area contributed by atoms with Gasteiger partial charge in [-0.15, -0.1) is 0 Å². The maximum absolute atomic E-state index is 6.02. The molecule has 0 aliphatic carbocycles. The Bertz CT molecular complexity index is 808. The molecule has 0 fully saturated rings. The Hall–Kier alpha value is -2.00. The summed E-state index contributed by atoms with van der Waals surface area (Å²) in [6.45, 7) is 6.80. The number of fused-ring (bicyclic) bond motifs is 1. The predicted molar refractivity (Wildman–Crippen MR) is 86.3 cm³/mol. The number of aryl methyl sites for hydroxylation is 2. The summed E-state index contributed by atoms with van der Waals surface area (Å²) < 4.78 is 7.59. The monoisotopic (exact) mass is 300 g/mol. The summed E-state index contributed by atoms with van der Waals surface area (Å²) in [6, 6.07) is 7.97. The van der Waals surface area contributed by atoms with E-state index in [2.05, 4.69) is 31.0 Å². The first-order chi connectivity index (χ1) is 10.1. The van der Waals surface area contributed by atoms with Gasteiger partial charge in [0, 0.05) is 18.0 Å². The van der Waals surface area contributed by atoms with Crippen LogP contribution in [0.1, 0.15) is 18.1 Å². The second-order valence-electron chi connectivity index (χ2n) is 5.10. The van der Waals surface area contributed by atoms with E-state index in [9.17, 15) is 0 Å². The van der Waals surface area contributed by atoms with Crippen LogP contribution in [0.3, 0.4) is 0 Å². The van der Waals surface area contributed by atoms with Crippen LogP contribution in [-0.2, 0) is 0 Å². The van der Waals surface area contributed by atoms with E-state index in [0.29, 0.717) is 11.6 Å². The molecule has 2 aromatic heterocycles. The molecule has 21 heavy (non-hydrogen) atoms. The first-order valence-corrected chi connectivity index (χ1v) is 7.35. The number of rotatable bonds is 3. The lowest BCUT2D eigenvalue weighted by Gasteiger charge is -2.11. The van der Waals surface area contributed by atoms with Crippen molar-refractivity contribution in [2.75, 3.05) is 6.61 Å². The number of hydrogen-bond donors (Lipinski definition) is 0. The molecule has 0 unspecified atom stereocenters. The minimum absolute atomic E-state index is 0.673. The number of imidazole rings is 1. The molecule has 3 rings (SSSR count). The molecule has 0 atom stereocenters. The Labute approximate surface area is 129 Å². The number of benzene rings is 1. The molecule has 0 radical (unpaired) electrons. The van der Waals surface area contributed by atoms with E-state index in [4.69, 9.17) is 16.3 Å². The van der Waals surface area contributed by atoms with Crippen molar-refractivity contribution >= 4 is 17.2 Å². The SMILES string of the molecule is CCOc1cc(C)c(-c2cn3cc(Cl)ccc3n2)cc1C. The van der Waals surface area contributed by atoms with Crippen LogP contribution in [0.4, 0.5) is 0 Å². The molecule has 0 saturated carbocycles. The molecule has 0 bridgehead atoms. The zero-order valence-corrected chi connectivity index (χ0v) is 13.1. The number of pyridine rings is 1. The summed E-state index contributed by atoms with van der Waals surface area (Å²) in [5.41, 5.74) is 5.23. The average Bonchev–Trinajstić information content (AvgIpc) is 2.85. The molecular formula is C17H17ClN2O. The number of aromatic nitrogens is 2. The standard InChI is InChI=1S/C17H17ClN2O/c1-4-21-16-8-11(2)14(7-12(16)3)15-10-20-9-13(18)5-6-17(20)19-15/h5-10H,4H2,1-3H3. The molecule has 1 aromatic carbocycles. The maximum atomic E-state index is 6.02. The smallest absolute Gasteiger partial charge is 0.137 e. The van der Waals surface area contributed by atoms with Crippen molar-refractivity contribution in [1.82, 2.24) is 9.38 Å². The molecule has 0 aliphatic heterocycles. The average molecular weight is 301 g/mol. The molecule has 0 aliphatic rings. The normalized spacial score (nSPS) is 11.0. The third-order valence-electron chi connectivity index (χ3n) is 3.51. The van der Waals surface area contributed by atoms with E-state index in [1.165, 1.54) is 0 Å². The minimum Gasteiger partial charge on any atom is -0.494 e. The molecule has 4 heteroatoms. The van der Waals surface area contributed by atoms with Gasteiger partial charge in [-0.25, -0.2) is 4.98 Å². The Morgan fingerprint density at radius 2 is 1.95 bits per heavy atom. The fraction of sp³-hybridized carbons (Fsp3) is 0.235. The van der Waals surface area contributed by atoms with Crippen LogP contribution in [0.25, 0.3) is 16.9 Å². The molecule has 0 N–H and O–H groups in total. The van der Waals surface area contributed by atoms with Gasteiger partial charge in [0.25, 0.3) is 0 Å². The third-order valence-corrected chi connectivity index (χ3v) is 3.74. The highest BCUT2D eigenvalue weighted by Crippen LogP contribution is 2.30. The zero-order valence-electron chi connectivity index (χ0n) is 12.4. The van der Waals surface area contributed by atoms with Gasteiger partial charge in [-0.1, -0.05) is 11.6 Å². The van der Waals surface area contributed by atoms with Crippen LogP contribution in [0.2, 0.25) is 5.02 Å². The van der Waals surface area contributed by atoms with Crippen LogP contribution in [-0.4, -0.2) is 16.0 Å². The van der Waals surface area contributed by atoms with Crippen LogP contribution in [0.15, 0.2) is 36.7 Å². The van der Waals surface area contributed by atoms with Crippen LogP contribution in [0, 0.1) is 13.8 Å². The van der Waals surface area contributed by atoms with Crippen LogP contribution in [0.5, 0.6) is 5.75 Å². The Balaban J connectivity index is 2.11. The molecule has 0 amide bonds. The van der Waals surface area contributed by atoms with Crippen molar-refractivity contribution in [2.45, 2.75) is 20.8 Å².